The van der Waals surface area contributed by atoms with E-state index in [2.05, 4.69) is 9.97 Å². The number of aryl methyl sites for hydroxylation is 1. The summed E-state index contributed by atoms with van der Waals surface area (Å²) in [7, 11) is -5.04. The summed E-state index contributed by atoms with van der Waals surface area (Å²) in [5, 5.41) is 0.639. The van der Waals surface area contributed by atoms with Gasteiger partial charge in [0.05, 0.1) is 35.0 Å². The van der Waals surface area contributed by atoms with Crippen molar-refractivity contribution in [3.8, 4) is 0 Å². The molecule has 1 aromatic carbocycles. The molecule has 1 aliphatic heterocycles. The van der Waals surface area contributed by atoms with E-state index in [9.17, 15) is 16.8 Å². The second kappa shape index (κ2) is 8.56. The molecule has 0 atom stereocenters. The second-order valence-electron chi connectivity index (χ2n) is 10.3. The highest BCUT2D eigenvalue weighted by Crippen LogP contribution is 2.38. The standard InChI is InChI=1S/C24H30N4O5S2/c1-17-4-6-20(7-5-17)35(31,32)28-9-8-21-22(25-16-26-23(21)28)27(3)19-10-18(11-19)12-34(29,30)15-24(2)13-33-14-24/h4-9,16,18-19H,10-15H2,1-3H3/t18-,19+. The summed E-state index contributed by atoms with van der Waals surface area (Å²) >= 11 is 0. The molecule has 2 fully saturated rings. The van der Waals surface area contributed by atoms with E-state index >= 15 is 0 Å². The Hall–Kier alpha value is -2.50. The Labute approximate surface area is 206 Å². The van der Waals surface area contributed by atoms with Crippen LogP contribution >= 0.6 is 0 Å². The number of aromatic nitrogens is 3. The molecule has 3 heterocycles. The summed E-state index contributed by atoms with van der Waals surface area (Å²) in [5.74, 6) is 1.11. The monoisotopic (exact) mass is 518 g/mol. The summed E-state index contributed by atoms with van der Waals surface area (Å²) in [5.41, 5.74) is 1.04. The van der Waals surface area contributed by atoms with Crippen molar-refractivity contribution in [2.75, 3.05) is 36.7 Å². The van der Waals surface area contributed by atoms with Crippen LogP contribution in [0.25, 0.3) is 11.0 Å². The number of rotatable bonds is 8. The molecule has 188 valence electrons. The zero-order valence-electron chi connectivity index (χ0n) is 20.1. The molecule has 1 saturated heterocycles. The van der Waals surface area contributed by atoms with Crippen LogP contribution in [0.15, 0.2) is 47.8 Å². The largest absolute Gasteiger partial charge is 0.380 e. The lowest BCUT2D eigenvalue weighted by Gasteiger charge is -2.43. The summed E-state index contributed by atoms with van der Waals surface area (Å²) in [6, 6.07) is 8.56. The average Bonchev–Trinajstić information content (AvgIpc) is 3.19. The molecule has 0 unspecified atom stereocenters. The Kier molecular flexibility index (Phi) is 5.92. The smallest absolute Gasteiger partial charge is 0.269 e. The van der Waals surface area contributed by atoms with Crippen LogP contribution < -0.4 is 4.90 Å². The van der Waals surface area contributed by atoms with Crippen LogP contribution in [0.5, 0.6) is 0 Å². The van der Waals surface area contributed by atoms with E-state index in [1.807, 2.05) is 25.8 Å². The van der Waals surface area contributed by atoms with Crippen molar-refractivity contribution in [3.05, 3.63) is 48.4 Å². The summed E-state index contributed by atoms with van der Waals surface area (Å²) < 4.78 is 58.1. The van der Waals surface area contributed by atoms with Crippen molar-refractivity contribution in [2.45, 2.75) is 37.6 Å². The third-order valence-electron chi connectivity index (χ3n) is 7.06. The fraction of sp³-hybridized carbons (Fsp3) is 0.500. The van der Waals surface area contributed by atoms with Gasteiger partial charge < -0.3 is 9.64 Å². The van der Waals surface area contributed by atoms with Gasteiger partial charge in [0.2, 0.25) is 0 Å². The molecule has 1 aliphatic carbocycles. The van der Waals surface area contributed by atoms with Crippen molar-refractivity contribution in [2.24, 2.45) is 11.3 Å². The Morgan fingerprint density at radius 3 is 2.40 bits per heavy atom. The van der Waals surface area contributed by atoms with E-state index in [1.165, 1.54) is 16.5 Å². The molecule has 0 bridgehead atoms. The number of hydrogen-bond donors (Lipinski definition) is 0. The number of sulfone groups is 1. The highest BCUT2D eigenvalue weighted by molar-refractivity contribution is 7.91. The number of ether oxygens (including phenoxy) is 1. The summed E-state index contributed by atoms with van der Waals surface area (Å²) in [6.07, 6.45) is 4.37. The van der Waals surface area contributed by atoms with E-state index in [0.29, 0.717) is 30.1 Å². The Balaban J connectivity index is 1.31. The number of fused-ring (bicyclic) bond motifs is 1. The highest BCUT2D eigenvalue weighted by Gasteiger charge is 2.41. The van der Waals surface area contributed by atoms with Gasteiger partial charge in [-0.3, -0.25) is 0 Å². The minimum atomic E-state index is -3.80. The lowest BCUT2D eigenvalue weighted by atomic mass is 9.81. The molecule has 2 aliphatic rings. The molecule has 1 saturated carbocycles. The molecule has 0 amide bonds. The molecule has 3 aromatic rings. The first kappa shape index (κ1) is 24.2. The SMILES string of the molecule is Cc1ccc(S(=O)(=O)n2ccc3c(N(C)[C@H]4C[C@@H](CS(=O)(=O)CC5(C)COC5)C4)ncnc32)cc1. The van der Waals surface area contributed by atoms with Gasteiger partial charge in [0, 0.05) is 24.7 Å². The van der Waals surface area contributed by atoms with Gasteiger partial charge >= 0.3 is 0 Å². The third-order valence-corrected chi connectivity index (χ3v) is 10.9. The highest BCUT2D eigenvalue weighted by atomic mass is 32.2. The van der Waals surface area contributed by atoms with Crippen molar-refractivity contribution < 1.29 is 21.6 Å². The van der Waals surface area contributed by atoms with E-state index in [-0.39, 0.29) is 33.8 Å². The van der Waals surface area contributed by atoms with Crippen molar-refractivity contribution in [1.82, 2.24) is 13.9 Å². The predicted octanol–water partition coefficient (Wildman–Crippen LogP) is 2.64. The van der Waals surface area contributed by atoms with Gasteiger partial charge in [-0.15, -0.1) is 0 Å². The zero-order chi connectivity index (χ0) is 25.0. The first-order chi connectivity index (χ1) is 16.5. The topological polar surface area (TPSA) is 111 Å². The van der Waals surface area contributed by atoms with Crippen molar-refractivity contribution in [3.63, 3.8) is 0 Å². The maximum absolute atomic E-state index is 13.2. The number of anilines is 1. The van der Waals surface area contributed by atoms with Crippen LogP contribution in [-0.4, -0.2) is 68.6 Å². The van der Waals surface area contributed by atoms with Crippen LogP contribution in [0.1, 0.15) is 25.3 Å². The van der Waals surface area contributed by atoms with Crippen LogP contribution in [0.3, 0.4) is 0 Å². The lowest BCUT2D eigenvalue weighted by Crippen LogP contribution is -2.48. The van der Waals surface area contributed by atoms with E-state index in [1.54, 1.807) is 30.3 Å². The normalized spacial score (nSPS) is 21.9. The number of hydrogen-bond acceptors (Lipinski definition) is 8. The third kappa shape index (κ3) is 4.56. The van der Waals surface area contributed by atoms with Gasteiger partial charge in [0.25, 0.3) is 10.0 Å². The zero-order valence-corrected chi connectivity index (χ0v) is 21.7. The first-order valence-corrected chi connectivity index (χ1v) is 14.9. The molecule has 11 heteroatoms. The molecular weight excluding hydrogens is 488 g/mol. The van der Waals surface area contributed by atoms with Gasteiger partial charge in [0.15, 0.2) is 15.5 Å². The molecule has 0 N–H and O–H groups in total. The maximum Gasteiger partial charge on any atom is 0.269 e. The molecule has 9 nitrogen and oxygen atoms in total. The van der Waals surface area contributed by atoms with E-state index in [4.69, 9.17) is 4.74 Å². The Bertz CT molecular complexity index is 1460. The molecule has 0 spiro atoms. The van der Waals surface area contributed by atoms with Gasteiger partial charge in [0.1, 0.15) is 12.1 Å². The van der Waals surface area contributed by atoms with E-state index in [0.717, 1.165) is 18.4 Å². The molecule has 0 radical (unpaired) electrons. The number of benzene rings is 1. The average molecular weight is 519 g/mol. The maximum atomic E-state index is 13.2. The fourth-order valence-corrected chi connectivity index (χ4v) is 8.66. The van der Waals surface area contributed by atoms with Crippen LogP contribution in [0, 0.1) is 18.3 Å². The summed E-state index contributed by atoms with van der Waals surface area (Å²) in [4.78, 5) is 10.9. The van der Waals surface area contributed by atoms with Crippen LogP contribution in [0.4, 0.5) is 5.82 Å². The Morgan fingerprint density at radius 1 is 1.09 bits per heavy atom. The van der Waals surface area contributed by atoms with Crippen molar-refractivity contribution in [1.29, 1.82) is 0 Å². The minimum absolute atomic E-state index is 0.112. The second-order valence-corrected chi connectivity index (χ2v) is 14.2. The minimum Gasteiger partial charge on any atom is -0.380 e. The van der Waals surface area contributed by atoms with Crippen LogP contribution in [-0.2, 0) is 24.6 Å². The molecular formula is C24H30N4O5S2. The lowest BCUT2D eigenvalue weighted by molar-refractivity contribution is -0.0870. The Morgan fingerprint density at radius 2 is 1.77 bits per heavy atom. The quantitative estimate of drug-likeness (QED) is 0.447. The van der Waals surface area contributed by atoms with Gasteiger partial charge in [-0.2, -0.15) is 0 Å². The predicted molar refractivity (Wildman–Crippen MR) is 134 cm³/mol. The molecule has 5 rings (SSSR count). The van der Waals surface area contributed by atoms with Crippen LogP contribution in [0.2, 0.25) is 0 Å². The number of nitrogens with zero attached hydrogens (tertiary/aromatic N) is 4. The van der Waals surface area contributed by atoms with E-state index < -0.39 is 19.9 Å². The van der Waals surface area contributed by atoms with Crippen molar-refractivity contribution >= 4 is 36.7 Å². The van der Waals surface area contributed by atoms with Gasteiger partial charge in [-0.1, -0.05) is 24.6 Å². The first-order valence-electron chi connectivity index (χ1n) is 11.6. The molecule has 2 aromatic heterocycles. The van der Waals surface area contributed by atoms with Gasteiger partial charge in [-0.25, -0.2) is 30.8 Å². The fourth-order valence-electron chi connectivity index (χ4n) is 5.02. The summed E-state index contributed by atoms with van der Waals surface area (Å²) in [6.45, 7) is 4.87. The molecule has 35 heavy (non-hydrogen) atoms. The van der Waals surface area contributed by atoms with Gasteiger partial charge in [-0.05, 0) is 43.9 Å².